The van der Waals surface area contributed by atoms with Gasteiger partial charge in [-0.2, -0.15) is 9.37 Å². The number of rotatable bonds is 5. The fourth-order valence-corrected chi connectivity index (χ4v) is 6.45. The molecule has 0 atom stereocenters. The van der Waals surface area contributed by atoms with Crippen molar-refractivity contribution in [1.29, 1.82) is 0 Å². The van der Waals surface area contributed by atoms with E-state index >= 15 is 0 Å². The Morgan fingerprint density at radius 3 is 2.39 bits per heavy atom. The third-order valence-electron chi connectivity index (χ3n) is 8.76. The van der Waals surface area contributed by atoms with Crippen LogP contribution in [-0.4, -0.2) is 73.6 Å². The minimum Gasteiger partial charge on any atom is -0.383 e. The summed E-state index contributed by atoms with van der Waals surface area (Å²) in [5, 5.41) is 4.42. The van der Waals surface area contributed by atoms with Crippen molar-refractivity contribution in [3.8, 4) is 11.1 Å². The Bertz CT molecular complexity index is 1680. The van der Waals surface area contributed by atoms with Gasteiger partial charge < -0.3 is 20.5 Å². The highest BCUT2D eigenvalue weighted by molar-refractivity contribution is 6.00. The highest BCUT2D eigenvalue weighted by Gasteiger charge is 2.30. The summed E-state index contributed by atoms with van der Waals surface area (Å²) < 4.78 is 16.8. The second-order valence-electron chi connectivity index (χ2n) is 11.3. The van der Waals surface area contributed by atoms with Crippen molar-refractivity contribution in [2.45, 2.75) is 37.8 Å². The number of hydrogen-bond donors (Lipinski definition) is 2. The maximum Gasteiger partial charge on any atom is 0.230 e. The molecule has 1 aliphatic carbocycles. The molecule has 0 unspecified atom stereocenters. The number of piperazine rings is 1. The van der Waals surface area contributed by atoms with Crippen molar-refractivity contribution in [3.63, 3.8) is 0 Å². The lowest BCUT2D eigenvalue weighted by Crippen LogP contribution is -2.49. The van der Waals surface area contributed by atoms with Crippen molar-refractivity contribution < 1.29 is 4.39 Å². The zero-order chi connectivity index (χ0) is 27.9. The topological polar surface area (TPSA) is 101 Å². The molecule has 2 fully saturated rings. The molecule has 1 saturated heterocycles. The number of benzene rings is 2. The van der Waals surface area contributed by atoms with Gasteiger partial charge in [-0.05, 0) is 62.6 Å². The van der Waals surface area contributed by atoms with Crippen molar-refractivity contribution >= 4 is 39.4 Å². The summed E-state index contributed by atoms with van der Waals surface area (Å²) in [5.74, 6) is 0.156. The first-order valence-electron chi connectivity index (χ1n) is 14.4. The molecule has 1 aliphatic heterocycles. The highest BCUT2D eigenvalue weighted by Crippen LogP contribution is 2.39. The Morgan fingerprint density at radius 1 is 0.878 bits per heavy atom. The average Bonchev–Trinajstić information content (AvgIpc) is 3.39. The van der Waals surface area contributed by atoms with Gasteiger partial charge in [0.05, 0.1) is 16.3 Å². The summed E-state index contributed by atoms with van der Waals surface area (Å²) in [5.41, 5.74) is 10.6. The summed E-state index contributed by atoms with van der Waals surface area (Å²) in [4.78, 5) is 22.5. The summed E-state index contributed by atoms with van der Waals surface area (Å²) in [6.07, 6.45) is 8.39. The second-order valence-corrected chi connectivity index (χ2v) is 11.3. The Labute approximate surface area is 238 Å². The summed E-state index contributed by atoms with van der Waals surface area (Å²) in [6, 6.07) is 16.0. The first-order valence-corrected chi connectivity index (χ1v) is 14.4. The largest absolute Gasteiger partial charge is 0.383 e. The molecule has 7 rings (SSSR count). The van der Waals surface area contributed by atoms with Crippen LogP contribution in [0.4, 0.5) is 21.8 Å². The van der Waals surface area contributed by atoms with Gasteiger partial charge in [0.25, 0.3) is 0 Å². The lowest BCUT2D eigenvalue weighted by Gasteiger charge is -2.41. The Balaban J connectivity index is 1.13. The molecule has 3 N–H and O–H groups in total. The lowest BCUT2D eigenvalue weighted by molar-refractivity contribution is 0.0828. The highest BCUT2D eigenvalue weighted by atomic mass is 19.1. The quantitative estimate of drug-likeness (QED) is 0.286. The number of likely N-dealkylation sites (N-methyl/N-ethyl adjacent to an activating group) is 1. The molecule has 2 aromatic carbocycles. The number of nitrogens with zero attached hydrogens (tertiary/aromatic N) is 7. The minimum atomic E-state index is -0.546. The van der Waals surface area contributed by atoms with Gasteiger partial charge in [0.2, 0.25) is 11.9 Å². The molecule has 4 heterocycles. The standard InChI is InChI=1S/C31H34FN9/c1-39-14-16-40(17-15-39)22-10-12-23(13-11-22)41-18-25(27-29(33)34-19-35-30(27)41)20-6-8-21(9-7-20)36-31-37-26-5-3-2-4-24(26)28(32)38-31/h2-9,18-19,22-23H,10-17H2,1H3,(H2,33,34,35)(H,36,37,38)/t22-,23-. The van der Waals surface area contributed by atoms with Crippen molar-refractivity contribution in [1.82, 2.24) is 34.3 Å². The number of nitrogens with one attached hydrogen (secondary N) is 1. The Kier molecular flexibility index (Phi) is 6.72. The number of nitrogen functional groups attached to an aromatic ring is 1. The van der Waals surface area contributed by atoms with E-state index in [0.717, 1.165) is 53.8 Å². The number of anilines is 3. The average molecular weight is 552 g/mol. The Morgan fingerprint density at radius 2 is 1.61 bits per heavy atom. The molecule has 0 spiro atoms. The smallest absolute Gasteiger partial charge is 0.230 e. The monoisotopic (exact) mass is 551 g/mol. The van der Waals surface area contributed by atoms with E-state index in [2.05, 4.69) is 52.9 Å². The van der Waals surface area contributed by atoms with Crippen molar-refractivity contribution in [2.75, 3.05) is 44.3 Å². The molecule has 1 saturated carbocycles. The van der Waals surface area contributed by atoms with Crippen LogP contribution in [-0.2, 0) is 0 Å². The Hall–Kier alpha value is -4.15. The molecule has 9 nitrogen and oxygen atoms in total. The zero-order valence-corrected chi connectivity index (χ0v) is 23.2. The van der Waals surface area contributed by atoms with E-state index in [-0.39, 0.29) is 5.95 Å². The molecule has 0 bridgehead atoms. The molecule has 0 radical (unpaired) electrons. The molecule has 10 heteroatoms. The summed E-state index contributed by atoms with van der Waals surface area (Å²) in [6.45, 7) is 4.64. The number of halogens is 1. The molecular weight excluding hydrogens is 517 g/mol. The van der Waals surface area contributed by atoms with E-state index in [1.807, 2.05) is 30.3 Å². The van der Waals surface area contributed by atoms with Crippen LogP contribution in [0.15, 0.2) is 61.1 Å². The molecule has 41 heavy (non-hydrogen) atoms. The van der Waals surface area contributed by atoms with E-state index < -0.39 is 5.95 Å². The van der Waals surface area contributed by atoms with Gasteiger partial charge >= 0.3 is 0 Å². The SMILES string of the molecule is CN1CCN([C@H]2CC[C@H](n3cc(-c4ccc(Nc5nc(F)c6ccccc6n5)cc4)c4c(N)ncnc43)CC2)CC1. The predicted molar refractivity (Wildman–Crippen MR) is 161 cm³/mol. The van der Waals surface area contributed by atoms with Crippen LogP contribution >= 0.6 is 0 Å². The minimum absolute atomic E-state index is 0.218. The molecule has 3 aromatic heterocycles. The third kappa shape index (κ3) is 4.98. The number of para-hydroxylation sites is 1. The number of nitrogens with two attached hydrogens (primary N) is 1. The fourth-order valence-electron chi connectivity index (χ4n) is 6.45. The second kappa shape index (κ2) is 10.7. The normalized spacial score (nSPS) is 20.5. The van der Waals surface area contributed by atoms with E-state index in [9.17, 15) is 4.39 Å². The maximum atomic E-state index is 14.5. The van der Waals surface area contributed by atoms with E-state index in [4.69, 9.17) is 5.73 Å². The van der Waals surface area contributed by atoms with Crippen LogP contribution in [0.25, 0.3) is 33.1 Å². The van der Waals surface area contributed by atoms with Gasteiger partial charge in [0.15, 0.2) is 0 Å². The summed E-state index contributed by atoms with van der Waals surface area (Å²) in [7, 11) is 2.21. The lowest BCUT2D eigenvalue weighted by atomic mass is 9.89. The predicted octanol–water partition coefficient (Wildman–Crippen LogP) is 5.24. The molecule has 210 valence electrons. The molecular formula is C31H34FN9. The summed E-state index contributed by atoms with van der Waals surface area (Å²) >= 11 is 0. The molecule has 2 aliphatic rings. The van der Waals surface area contributed by atoms with Gasteiger partial charge in [0.1, 0.15) is 17.8 Å². The van der Waals surface area contributed by atoms with Crippen molar-refractivity contribution in [3.05, 3.63) is 67.0 Å². The van der Waals surface area contributed by atoms with Crippen LogP contribution in [0.5, 0.6) is 0 Å². The van der Waals surface area contributed by atoms with Crippen LogP contribution < -0.4 is 11.1 Å². The third-order valence-corrected chi connectivity index (χ3v) is 8.76. The maximum absolute atomic E-state index is 14.5. The number of fused-ring (bicyclic) bond motifs is 2. The number of hydrogen-bond acceptors (Lipinski definition) is 8. The fraction of sp³-hybridized carbons (Fsp3) is 0.355. The van der Waals surface area contributed by atoms with Crippen LogP contribution in [0.3, 0.4) is 0 Å². The van der Waals surface area contributed by atoms with E-state index in [0.29, 0.717) is 28.8 Å². The first-order chi connectivity index (χ1) is 20.0. The molecule has 5 aromatic rings. The van der Waals surface area contributed by atoms with Crippen molar-refractivity contribution in [2.24, 2.45) is 0 Å². The zero-order valence-electron chi connectivity index (χ0n) is 23.2. The van der Waals surface area contributed by atoms with Crippen LogP contribution in [0, 0.1) is 5.95 Å². The van der Waals surface area contributed by atoms with E-state index in [1.165, 1.54) is 25.9 Å². The number of aromatic nitrogens is 5. The van der Waals surface area contributed by atoms with Gasteiger partial charge in [-0.15, -0.1) is 0 Å². The van der Waals surface area contributed by atoms with Gasteiger partial charge in [-0.1, -0.05) is 24.3 Å². The van der Waals surface area contributed by atoms with Gasteiger partial charge in [-0.3, -0.25) is 4.90 Å². The first kappa shape index (κ1) is 25.8. The van der Waals surface area contributed by atoms with E-state index in [1.54, 1.807) is 24.5 Å². The van der Waals surface area contributed by atoms with Crippen LogP contribution in [0.2, 0.25) is 0 Å². The van der Waals surface area contributed by atoms with Gasteiger partial charge in [0, 0.05) is 55.7 Å². The van der Waals surface area contributed by atoms with Gasteiger partial charge in [-0.25, -0.2) is 15.0 Å². The molecule has 0 amide bonds. The van der Waals surface area contributed by atoms with Crippen LogP contribution in [0.1, 0.15) is 31.7 Å².